The molecular formula is C13H9Br3. The van der Waals surface area contributed by atoms with Gasteiger partial charge in [0.1, 0.15) is 0 Å². The van der Waals surface area contributed by atoms with E-state index in [-0.39, 0.29) is 4.83 Å². The summed E-state index contributed by atoms with van der Waals surface area (Å²) in [4.78, 5) is 0.234. The molecule has 0 bridgehead atoms. The molecule has 0 radical (unpaired) electrons. The zero-order chi connectivity index (χ0) is 11.5. The third-order valence-corrected chi connectivity index (χ3v) is 4.38. The minimum Gasteiger partial charge on any atom is -0.0786 e. The van der Waals surface area contributed by atoms with E-state index in [1.807, 2.05) is 12.1 Å². The Morgan fingerprint density at radius 1 is 0.750 bits per heavy atom. The van der Waals surface area contributed by atoms with Crippen molar-refractivity contribution in [1.82, 2.24) is 0 Å². The second-order valence-electron chi connectivity index (χ2n) is 3.47. The number of hydrogen-bond donors (Lipinski definition) is 0. The molecule has 0 aliphatic carbocycles. The predicted molar refractivity (Wildman–Crippen MR) is 79.1 cm³/mol. The first-order valence-corrected chi connectivity index (χ1v) is 7.32. The van der Waals surface area contributed by atoms with E-state index in [0.29, 0.717) is 0 Å². The quantitative estimate of drug-likeness (QED) is 0.563. The average Bonchev–Trinajstić information content (AvgIpc) is 2.29. The molecule has 0 nitrogen and oxygen atoms in total. The van der Waals surface area contributed by atoms with Crippen LogP contribution in [0.15, 0.2) is 57.5 Å². The van der Waals surface area contributed by atoms with Crippen LogP contribution in [0.4, 0.5) is 0 Å². The van der Waals surface area contributed by atoms with Gasteiger partial charge < -0.3 is 0 Å². The third kappa shape index (κ3) is 2.96. The molecule has 3 heteroatoms. The normalized spacial score (nSPS) is 12.4. The molecule has 0 N–H and O–H groups in total. The zero-order valence-electron chi connectivity index (χ0n) is 8.33. The van der Waals surface area contributed by atoms with Crippen LogP contribution >= 0.6 is 47.8 Å². The Balaban J connectivity index is 2.31. The zero-order valence-corrected chi connectivity index (χ0v) is 13.1. The van der Waals surface area contributed by atoms with Gasteiger partial charge in [0.05, 0.1) is 4.83 Å². The maximum atomic E-state index is 3.72. The Hall–Kier alpha value is -0.120. The minimum atomic E-state index is 0.234. The SMILES string of the molecule is Brc1ccc(C(Br)c2cccc(Br)c2)cc1. The molecule has 0 saturated heterocycles. The Labute approximate surface area is 120 Å². The average molecular weight is 405 g/mol. The molecule has 0 aromatic heterocycles. The Morgan fingerprint density at radius 3 is 2.06 bits per heavy atom. The monoisotopic (exact) mass is 402 g/mol. The van der Waals surface area contributed by atoms with E-state index in [9.17, 15) is 0 Å². The molecule has 0 aliphatic heterocycles. The largest absolute Gasteiger partial charge is 0.0786 e. The van der Waals surface area contributed by atoms with Gasteiger partial charge in [-0.2, -0.15) is 0 Å². The van der Waals surface area contributed by atoms with E-state index in [2.05, 4.69) is 84.2 Å². The van der Waals surface area contributed by atoms with Crippen LogP contribution in [0.2, 0.25) is 0 Å². The van der Waals surface area contributed by atoms with Crippen LogP contribution in [-0.2, 0) is 0 Å². The first-order valence-electron chi connectivity index (χ1n) is 4.82. The van der Waals surface area contributed by atoms with E-state index in [4.69, 9.17) is 0 Å². The lowest BCUT2D eigenvalue weighted by molar-refractivity contribution is 1.17. The molecule has 0 fully saturated rings. The highest BCUT2D eigenvalue weighted by molar-refractivity contribution is 9.10. The van der Waals surface area contributed by atoms with Crippen LogP contribution in [0.25, 0.3) is 0 Å². The van der Waals surface area contributed by atoms with Crippen molar-refractivity contribution in [3.8, 4) is 0 Å². The molecule has 82 valence electrons. The summed E-state index contributed by atoms with van der Waals surface area (Å²) < 4.78 is 2.21. The highest BCUT2D eigenvalue weighted by atomic mass is 79.9. The van der Waals surface area contributed by atoms with Gasteiger partial charge in [0.15, 0.2) is 0 Å². The second kappa shape index (κ2) is 5.48. The molecule has 2 aromatic rings. The third-order valence-electron chi connectivity index (χ3n) is 2.30. The highest BCUT2D eigenvalue weighted by Gasteiger charge is 2.09. The molecule has 1 unspecified atom stereocenters. The van der Waals surface area contributed by atoms with Gasteiger partial charge in [-0.05, 0) is 35.4 Å². The molecule has 2 rings (SSSR count). The van der Waals surface area contributed by atoms with Crippen LogP contribution < -0.4 is 0 Å². The van der Waals surface area contributed by atoms with Crippen LogP contribution in [0, 0.1) is 0 Å². The minimum absolute atomic E-state index is 0.234. The lowest BCUT2D eigenvalue weighted by Crippen LogP contribution is -1.92. The predicted octanol–water partition coefficient (Wildman–Crippen LogP) is 5.70. The first-order chi connectivity index (χ1) is 7.66. The number of halogens is 3. The standard InChI is InChI=1S/C13H9Br3/c14-11-6-4-9(5-7-11)13(16)10-2-1-3-12(15)8-10/h1-8,13H. The van der Waals surface area contributed by atoms with Gasteiger partial charge in [-0.25, -0.2) is 0 Å². The summed E-state index contributed by atoms with van der Waals surface area (Å²) in [6.07, 6.45) is 0. The van der Waals surface area contributed by atoms with Gasteiger partial charge in [0, 0.05) is 8.95 Å². The molecule has 1 atom stereocenters. The molecule has 0 aliphatic rings. The number of benzene rings is 2. The summed E-state index contributed by atoms with van der Waals surface area (Å²) in [6.45, 7) is 0. The van der Waals surface area contributed by atoms with Crippen molar-refractivity contribution in [2.75, 3.05) is 0 Å². The fourth-order valence-corrected chi connectivity index (χ4v) is 2.76. The summed E-state index contributed by atoms with van der Waals surface area (Å²) in [6, 6.07) is 16.7. The Morgan fingerprint density at radius 2 is 1.44 bits per heavy atom. The smallest absolute Gasteiger partial charge is 0.0645 e. The van der Waals surface area contributed by atoms with Gasteiger partial charge in [-0.1, -0.05) is 72.1 Å². The van der Waals surface area contributed by atoms with Crippen LogP contribution in [-0.4, -0.2) is 0 Å². The van der Waals surface area contributed by atoms with Crippen molar-refractivity contribution in [3.05, 3.63) is 68.6 Å². The number of rotatable bonds is 2. The maximum Gasteiger partial charge on any atom is 0.0645 e. The van der Waals surface area contributed by atoms with Crippen molar-refractivity contribution < 1.29 is 0 Å². The van der Waals surface area contributed by atoms with Crippen molar-refractivity contribution in [2.24, 2.45) is 0 Å². The van der Waals surface area contributed by atoms with E-state index in [1.165, 1.54) is 11.1 Å². The highest BCUT2D eigenvalue weighted by Crippen LogP contribution is 2.32. The van der Waals surface area contributed by atoms with Crippen LogP contribution in [0.1, 0.15) is 16.0 Å². The maximum absolute atomic E-state index is 3.72. The van der Waals surface area contributed by atoms with Crippen molar-refractivity contribution in [2.45, 2.75) is 4.83 Å². The summed E-state index contributed by atoms with van der Waals surface area (Å²) in [5.74, 6) is 0. The number of hydrogen-bond acceptors (Lipinski definition) is 0. The molecule has 16 heavy (non-hydrogen) atoms. The van der Waals surface area contributed by atoms with Crippen LogP contribution in [0.3, 0.4) is 0 Å². The molecule has 0 heterocycles. The molecule has 0 amide bonds. The van der Waals surface area contributed by atoms with Gasteiger partial charge >= 0.3 is 0 Å². The fourth-order valence-electron chi connectivity index (χ4n) is 1.49. The van der Waals surface area contributed by atoms with E-state index in [1.54, 1.807) is 0 Å². The van der Waals surface area contributed by atoms with Crippen molar-refractivity contribution >= 4 is 47.8 Å². The summed E-state index contributed by atoms with van der Waals surface area (Å²) in [7, 11) is 0. The molecule has 0 saturated carbocycles. The fraction of sp³-hybridized carbons (Fsp3) is 0.0769. The van der Waals surface area contributed by atoms with Gasteiger partial charge in [0.2, 0.25) is 0 Å². The molecule has 0 spiro atoms. The topological polar surface area (TPSA) is 0 Å². The summed E-state index contributed by atoms with van der Waals surface area (Å²) in [5, 5.41) is 0. The van der Waals surface area contributed by atoms with Crippen LogP contribution in [0.5, 0.6) is 0 Å². The first kappa shape index (κ1) is 12.3. The molecular weight excluding hydrogens is 396 g/mol. The van der Waals surface area contributed by atoms with E-state index < -0.39 is 0 Å². The second-order valence-corrected chi connectivity index (χ2v) is 6.22. The Bertz CT molecular complexity index is 477. The van der Waals surface area contributed by atoms with Gasteiger partial charge in [-0.15, -0.1) is 0 Å². The van der Waals surface area contributed by atoms with Gasteiger partial charge in [-0.3, -0.25) is 0 Å². The lowest BCUT2D eigenvalue weighted by atomic mass is 10.1. The summed E-state index contributed by atoms with van der Waals surface area (Å²) in [5.41, 5.74) is 2.50. The summed E-state index contributed by atoms with van der Waals surface area (Å²) >= 11 is 10.6. The van der Waals surface area contributed by atoms with Crippen molar-refractivity contribution in [3.63, 3.8) is 0 Å². The van der Waals surface area contributed by atoms with E-state index >= 15 is 0 Å². The van der Waals surface area contributed by atoms with Crippen molar-refractivity contribution in [1.29, 1.82) is 0 Å². The molecule has 2 aromatic carbocycles. The van der Waals surface area contributed by atoms with Gasteiger partial charge in [0.25, 0.3) is 0 Å². The van der Waals surface area contributed by atoms with E-state index in [0.717, 1.165) is 8.95 Å². The lowest BCUT2D eigenvalue weighted by Gasteiger charge is -2.11. The Kier molecular flexibility index (Phi) is 4.22. The number of alkyl halides is 1.